The number of benzene rings is 2. The van der Waals surface area contributed by atoms with Crippen LogP contribution in [0.1, 0.15) is 12.0 Å². The normalized spacial score (nSPS) is 17.7. The molecule has 0 aliphatic carbocycles. The third-order valence-corrected chi connectivity index (χ3v) is 5.44. The van der Waals surface area contributed by atoms with Gasteiger partial charge in [-0.2, -0.15) is 13.2 Å². The highest BCUT2D eigenvalue weighted by atomic mass is 35.5. The minimum atomic E-state index is -4.75. The number of alkyl halides is 3. The number of imide groups is 1. The molecule has 1 aliphatic rings. The van der Waals surface area contributed by atoms with Crippen molar-refractivity contribution >= 4 is 44.8 Å². The van der Waals surface area contributed by atoms with Crippen LogP contribution in [0.25, 0.3) is 0 Å². The lowest BCUT2D eigenvalue weighted by Crippen LogP contribution is -2.35. The van der Waals surface area contributed by atoms with Crippen molar-refractivity contribution < 1.29 is 31.2 Å². The monoisotopic (exact) mass is 447 g/mol. The molecule has 1 aliphatic heterocycles. The fourth-order valence-corrected chi connectivity index (χ4v) is 3.57. The van der Waals surface area contributed by atoms with E-state index in [1.807, 2.05) is 0 Å². The molecule has 2 aromatic carbocycles. The van der Waals surface area contributed by atoms with Crippen molar-refractivity contribution in [2.45, 2.75) is 23.5 Å². The molecule has 0 aromatic heterocycles. The summed E-state index contributed by atoms with van der Waals surface area (Å²) in [6, 6.07) is 6.85. The SMILES string of the molecule is NS(=O)(=O)c1ccc(N[C@H]2CC(=O)N(c3ccc(Cl)c(C(F)(F)F)c3)C2=O)cc1. The van der Waals surface area contributed by atoms with Crippen LogP contribution >= 0.6 is 11.6 Å². The number of nitrogens with two attached hydrogens (primary N) is 1. The molecule has 2 amide bonds. The number of carbonyl (C=O) groups is 2. The average molecular weight is 448 g/mol. The van der Waals surface area contributed by atoms with Crippen LogP contribution in [0.5, 0.6) is 0 Å². The summed E-state index contributed by atoms with van der Waals surface area (Å²) >= 11 is 5.57. The molecule has 1 fully saturated rings. The second-order valence-electron chi connectivity index (χ2n) is 6.20. The third kappa shape index (κ3) is 4.36. The van der Waals surface area contributed by atoms with Gasteiger partial charge in [0.1, 0.15) is 6.04 Å². The number of anilines is 2. The summed E-state index contributed by atoms with van der Waals surface area (Å²) in [5.41, 5.74) is -1.07. The topological polar surface area (TPSA) is 110 Å². The van der Waals surface area contributed by atoms with E-state index in [9.17, 15) is 31.2 Å². The Balaban J connectivity index is 1.83. The van der Waals surface area contributed by atoms with Gasteiger partial charge in [-0.05, 0) is 42.5 Å². The number of hydrogen-bond acceptors (Lipinski definition) is 5. The van der Waals surface area contributed by atoms with Crippen molar-refractivity contribution in [1.29, 1.82) is 0 Å². The molecule has 0 radical (unpaired) electrons. The van der Waals surface area contributed by atoms with E-state index in [0.29, 0.717) is 16.7 Å². The maximum atomic E-state index is 13.1. The number of sulfonamides is 1. The van der Waals surface area contributed by atoms with Gasteiger partial charge in [-0.15, -0.1) is 0 Å². The Kier molecular flexibility index (Phi) is 5.32. The molecule has 29 heavy (non-hydrogen) atoms. The molecule has 0 unspecified atom stereocenters. The Morgan fingerprint density at radius 1 is 1.10 bits per heavy atom. The Bertz CT molecular complexity index is 1090. The third-order valence-electron chi connectivity index (χ3n) is 4.18. The summed E-state index contributed by atoms with van der Waals surface area (Å²) in [5.74, 6) is -1.44. The molecular weight excluding hydrogens is 435 g/mol. The van der Waals surface area contributed by atoms with E-state index >= 15 is 0 Å². The number of amides is 2. The number of hydrogen-bond donors (Lipinski definition) is 2. The predicted molar refractivity (Wildman–Crippen MR) is 98.8 cm³/mol. The van der Waals surface area contributed by atoms with E-state index in [1.165, 1.54) is 24.3 Å². The van der Waals surface area contributed by atoms with Gasteiger partial charge in [0, 0.05) is 5.69 Å². The van der Waals surface area contributed by atoms with Crippen molar-refractivity contribution in [2.24, 2.45) is 5.14 Å². The molecular formula is C17H13ClF3N3O4S. The smallest absolute Gasteiger partial charge is 0.373 e. The first-order valence-corrected chi connectivity index (χ1v) is 9.93. The van der Waals surface area contributed by atoms with Gasteiger partial charge in [0.05, 0.1) is 27.6 Å². The van der Waals surface area contributed by atoms with E-state index in [2.05, 4.69) is 5.32 Å². The van der Waals surface area contributed by atoms with Crippen LogP contribution in [0.15, 0.2) is 47.4 Å². The predicted octanol–water partition coefficient (Wildman–Crippen LogP) is 2.75. The highest BCUT2D eigenvalue weighted by Gasteiger charge is 2.41. The zero-order valence-corrected chi connectivity index (χ0v) is 16.0. The Morgan fingerprint density at radius 3 is 2.28 bits per heavy atom. The summed E-state index contributed by atoms with van der Waals surface area (Å²) in [4.78, 5) is 25.4. The van der Waals surface area contributed by atoms with Crippen LogP contribution in [0.3, 0.4) is 0 Å². The van der Waals surface area contributed by atoms with Crippen LogP contribution in [0.4, 0.5) is 24.5 Å². The van der Waals surface area contributed by atoms with Gasteiger partial charge in [0.25, 0.3) is 5.91 Å². The molecule has 1 saturated heterocycles. The van der Waals surface area contributed by atoms with Crippen LogP contribution in [-0.2, 0) is 25.8 Å². The number of carbonyl (C=O) groups excluding carboxylic acids is 2. The van der Waals surface area contributed by atoms with Gasteiger partial charge < -0.3 is 5.32 Å². The summed E-state index contributed by atoms with van der Waals surface area (Å²) in [7, 11) is -3.89. The number of primary sulfonamides is 1. The molecule has 1 atom stereocenters. The van der Waals surface area contributed by atoms with Gasteiger partial charge in [-0.25, -0.2) is 18.5 Å². The van der Waals surface area contributed by atoms with Crippen LogP contribution in [-0.4, -0.2) is 26.3 Å². The van der Waals surface area contributed by atoms with Crippen LogP contribution in [0, 0.1) is 0 Å². The Hall–Kier alpha value is -2.63. The highest BCUT2D eigenvalue weighted by molar-refractivity contribution is 7.89. The van der Waals surface area contributed by atoms with Gasteiger partial charge >= 0.3 is 6.18 Å². The first kappa shape index (κ1) is 21.1. The lowest BCUT2D eigenvalue weighted by Gasteiger charge is -2.18. The zero-order valence-electron chi connectivity index (χ0n) is 14.4. The van der Waals surface area contributed by atoms with Crippen LogP contribution < -0.4 is 15.4 Å². The second-order valence-corrected chi connectivity index (χ2v) is 8.17. The van der Waals surface area contributed by atoms with E-state index < -0.39 is 44.6 Å². The lowest BCUT2D eigenvalue weighted by atomic mass is 10.1. The molecule has 7 nitrogen and oxygen atoms in total. The fraction of sp³-hybridized carbons (Fsp3) is 0.176. The van der Waals surface area contributed by atoms with Crippen molar-refractivity contribution in [3.05, 3.63) is 53.1 Å². The minimum Gasteiger partial charge on any atom is -0.373 e. The van der Waals surface area contributed by atoms with E-state index in [0.717, 1.165) is 12.1 Å². The number of rotatable bonds is 4. The molecule has 0 spiro atoms. The standard InChI is InChI=1S/C17H13ClF3N3O4S/c18-13-6-3-10(7-12(13)17(19,20)21)24-15(25)8-14(16(24)26)23-9-1-4-11(5-2-9)29(22,27)28/h1-7,14,23H,8H2,(H2,22,27,28)/t14-/m0/s1. The van der Waals surface area contributed by atoms with Gasteiger partial charge in [-0.1, -0.05) is 11.6 Å². The number of halogens is 4. The first-order chi connectivity index (χ1) is 13.4. The van der Waals surface area contributed by atoms with Gasteiger partial charge in [0.15, 0.2) is 0 Å². The molecule has 154 valence electrons. The molecule has 2 aromatic rings. The molecule has 3 N–H and O–H groups in total. The Morgan fingerprint density at radius 2 is 1.72 bits per heavy atom. The second kappa shape index (κ2) is 7.32. The van der Waals surface area contributed by atoms with Crippen molar-refractivity contribution in [3.8, 4) is 0 Å². The summed E-state index contributed by atoms with van der Waals surface area (Å²) in [6.45, 7) is 0. The largest absolute Gasteiger partial charge is 0.417 e. The van der Waals surface area contributed by atoms with Crippen LogP contribution in [0.2, 0.25) is 5.02 Å². The van der Waals surface area contributed by atoms with Gasteiger partial charge in [-0.3, -0.25) is 9.59 Å². The zero-order chi connectivity index (χ0) is 21.6. The van der Waals surface area contributed by atoms with Crippen molar-refractivity contribution in [2.75, 3.05) is 10.2 Å². The Labute approximate surface area is 168 Å². The number of nitrogens with one attached hydrogen (secondary N) is 1. The average Bonchev–Trinajstić information content (AvgIpc) is 2.88. The molecule has 3 rings (SSSR count). The lowest BCUT2D eigenvalue weighted by molar-refractivity contribution is -0.137. The fourth-order valence-electron chi connectivity index (χ4n) is 2.83. The van der Waals surface area contributed by atoms with Gasteiger partial charge in [0.2, 0.25) is 15.9 Å². The first-order valence-electron chi connectivity index (χ1n) is 8.01. The maximum absolute atomic E-state index is 13.1. The summed E-state index contributed by atoms with van der Waals surface area (Å²) < 4.78 is 61.7. The van der Waals surface area contributed by atoms with Crippen molar-refractivity contribution in [3.63, 3.8) is 0 Å². The van der Waals surface area contributed by atoms with E-state index in [4.69, 9.17) is 16.7 Å². The molecule has 12 heteroatoms. The van der Waals surface area contributed by atoms with E-state index in [-0.39, 0.29) is 17.0 Å². The number of nitrogens with zero attached hydrogens (tertiary/aromatic N) is 1. The highest BCUT2D eigenvalue weighted by Crippen LogP contribution is 2.38. The van der Waals surface area contributed by atoms with E-state index in [1.54, 1.807) is 0 Å². The quantitative estimate of drug-likeness (QED) is 0.700. The summed E-state index contributed by atoms with van der Waals surface area (Å²) in [6.07, 6.45) is -5.04. The molecule has 0 saturated carbocycles. The van der Waals surface area contributed by atoms with Crippen molar-refractivity contribution in [1.82, 2.24) is 0 Å². The summed E-state index contributed by atoms with van der Waals surface area (Å²) in [5, 5.41) is 7.21. The maximum Gasteiger partial charge on any atom is 0.417 e. The molecule has 1 heterocycles. The molecule has 0 bridgehead atoms. The minimum absolute atomic E-state index is 0.139.